The molecule has 1 unspecified atom stereocenters. The fourth-order valence-corrected chi connectivity index (χ4v) is 2.52. The van der Waals surface area contributed by atoms with Gasteiger partial charge in [0, 0.05) is 26.2 Å². The Hall–Kier alpha value is -1.12. The first kappa shape index (κ1) is 16.9. The first-order valence-corrected chi connectivity index (χ1v) is 7.59. The van der Waals surface area contributed by atoms with Gasteiger partial charge in [-0.05, 0) is 31.8 Å². The average Bonchev–Trinajstić information content (AvgIpc) is 2.42. The lowest BCUT2D eigenvalue weighted by Gasteiger charge is -2.33. The van der Waals surface area contributed by atoms with E-state index in [1.54, 1.807) is 11.9 Å². The maximum Gasteiger partial charge on any atom is 0.236 e. The predicted octanol–water partition coefficient (Wildman–Crippen LogP) is 1.07. The monoisotopic (exact) mass is 280 g/mol. The maximum absolute atomic E-state index is 12.0. The minimum atomic E-state index is 0.123. The van der Waals surface area contributed by atoms with Crippen LogP contribution in [-0.2, 0) is 4.79 Å². The highest BCUT2D eigenvalue weighted by Crippen LogP contribution is 2.15. The van der Waals surface area contributed by atoms with E-state index in [-0.39, 0.29) is 5.91 Å². The van der Waals surface area contributed by atoms with Crippen LogP contribution in [0.3, 0.4) is 0 Å². The van der Waals surface area contributed by atoms with Gasteiger partial charge in [0.2, 0.25) is 5.91 Å². The van der Waals surface area contributed by atoms with Crippen LogP contribution in [0.1, 0.15) is 33.1 Å². The van der Waals surface area contributed by atoms with Crippen molar-refractivity contribution in [3.05, 3.63) is 0 Å². The van der Waals surface area contributed by atoms with Crippen molar-refractivity contribution in [2.75, 3.05) is 39.8 Å². The standard InChI is InChI=1S/C15H28N4O/c1-13(2)17-10-14-6-4-9-19(11-14)12-15(20)18(3)8-5-7-16/h13-14,17H,4-6,8-12H2,1-3H3. The summed E-state index contributed by atoms with van der Waals surface area (Å²) in [5.74, 6) is 0.765. The molecule has 5 nitrogen and oxygen atoms in total. The lowest BCUT2D eigenvalue weighted by atomic mass is 9.97. The Labute approximate surface area is 122 Å². The first-order valence-electron chi connectivity index (χ1n) is 7.59. The number of hydrogen-bond donors (Lipinski definition) is 1. The van der Waals surface area contributed by atoms with Gasteiger partial charge in [-0.15, -0.1) is 0 Å². The lowest BCUT2D eigenvalue weighted by Crippen LogP contribution is -2.45. The van der Waals surface area contributed by atoms with Crippen molar-refractivity contribution < 1.29 is 4.79 Å². The zero-order valence-corrected chi connectivity index (χ0v) is 13.1. The molecule has 1 heterocycles. The molecule has 1 amide bonds. The molecular weight excluding hydrogens is 252 g/mol. The summed E-state index contributed by atoms with van der Waals surface area (Å²) in [4.78, 5) is 16.0. The van der Waals surface area contributed by atoms with Crippen LogP contribution in [0.15, 0.2) is 0 Å². The SMILES string of the molecule is CC(C)NCC1CCCN(CC(=O)N(C)CCC#N)C1. The Balaban J connectivity index is 2.32. The van der Waals surface area contributed by atoms with Crippen molar-refractivity contribution in [1.82, 2.24) is 15.1 Å². The van der Waals surface area contributed by atoms with E-state index < -0.39 is 0 Å². The molecule has 0 aromatic heterocycles. The van der Waals surface area contributed by atoms with Crippen LogP contribution in [0.5, 0.6) is 0 Å². The molecule has 0 aliphatic carbocycles. The van der Waals surface area contributed by atoms with E-state index in [1.807, 2.05) is 0 Å². The molecule has 1 atom stereocenters. The van der Waals surface area contributed by atoms with Gasteiger partial charge in [-0.2, -0.15) is 5.26 Å². The van der Waals surface area contributed by atoms with Crippen LogP contribution in [0, 0.1) is 17.2 Å². The topological polar surface area (TPSA) is 59.4 Å². The second-order valence-corrected chi connectivity index (χ2v) is 6.03. The minimum Gasteiger partial charge on any atom is -0.344 e. The molecule has 20 heavy (non-hydrogen) atoms. The zero-order valence-electron chi connectivity index (χ0n) is 13.1. The second-order valence-electron chi connectivity index (χ2n) is 6.03. The number of hydrogen-bond acceptors (Lipinski definition) is 4. The summed E-state index contributed by atoms with van der Waals surface area (Å²) in [5.41, 5.74) is 0. The molecule has 5 heteroatoms. The van der Waals surface area contributed by atoms with Crippen molar-refractivity contribution in [2.24, 2.45) is 5.92 Å². The first-order chi connectivity index (χ1) is 9.52. The van der Waals surface area contributed by atoms with Crippen molar-refractivity contribution in [2.45, 2.75) is 39.2 Å². The number of carbonyl (C=O) groups excluding carboxylic acids is 1. The third kappa shape index (κ3) is 6.36. The molecule has 1 aliphatic rings. The molecule has 1 N–H and O–H groups in total. The summed E-state index contributed by atoms with van der Waals surface area (Å²) in [7, 11) is 1.78. The van der Waals surface area contributed by atoms with Crippen molar-refractivity contribution in [3.8, 4) is 6.07 Å². The Morgan fingerprint density at radius 1 is 1.55 bits per heavy atom. The molecule has 0 saturated carbocycles. The number of amides is 1. The number of likely N-dealkylation sites (tertiary alicyclic amines) is 1. The van der Waals surface area contributed by atoms with Crippen molar-refractivity contribution in [3.63, 3.8) is 0 Å². The van der Waals surface area contributed by atoms with Crippen LogP contribution in [0.4, 0.5) is 0 Å². The van der Waals surface area contributed by atoms with Gasteiger partial charge in [0.1, 0.15) is 0 Å². The third-order valence-electron chi connectivity index (χ3n) is 3.76. The van der Waals surface area contributed by atoms with E-state index >= 15 is 0 Å². The number of piperidine rings is 1. The van der Waals surface area contributed by atoms with Gasteiger partial charge >= 0.3 is 0 Å². The zero-order chi connectivity index (χ0) is 15.0. The molecule has 0 spiro atoms. The largest absolute Gasteiger partial charge is 0.344 e. The molecule has 1 aliphatic heterocycles. The van der Waals surface area contributed by atoms with Gasteiger partial charge in [0.15, 0.2) is 0 Å². The summed E-state index contributed by atoms with van der Waals surface area (Å²) in [6, 6.07) is 2.59. The summed E-state index contributed by atoms with van der Waals surface area (Å²) in [5, 5.41) is 12.0. The molecule has 0 aromatic rings. The van der Waals surface area contributed by atoms with Crippen LogP contribution < -0.4 is 5.32 Å². The molecule has 1 saturated heterocycles. The summed E-state index contributed by atoms with van der Waals surface area (Å²) in [6.07, 6.45) is 2.82. The van der Waals surface area contributed by atoms with E-state index in [2.05, 4.69) is 30.1 Å². The molecular formula is C15H28N4O. The van der Waals surface area contributed by atoms with Gasteiger partial charge in [0.05, 0.1) is 19.0 Å². The molecule has 0 bridgehead atoms. The number of nitrogens with zero attached hydrogens (tertiary/aromatic N) is 3. The van der Waals surface area contributed by atoms with Crippen LogP contribution in [0.2, 0.25) is 0 Å². The van der Waals surface area contributed by atoms with E-state index in [4.69, 9.17) is 5.26 Å². The van der Waals surface area contributed by atoms with Crippen molar-refractivity contribution >= 4 is 5.91 Å². The fraction of sp³-hybridized carbons (Fsp3) is 0.867. The third-order valence-corrected chi connectivity index (χ3v) is 3.76. The minimum absolute atomic E-state index is 0.123. The number of nitrogens with one attached hydrogen (secondary N) is 1. The van der Waals surface area contributed by atoms with Crippen LogP contribution in [-0.4, -0.2) is 61.5 Å². The predicted molar refractivity (Wildman–Crippen MR) is 80.2 cm³/mol. The molecule has 1 fully saturated rings. The van der Waals surface area contributed by atoms with Gasteiger partial charge < -0.3 is 10.2 Å². The highest BCUT2D eigenvalue weighted by atomic mass is 16.2. The van der Waals surface area contributed by atoms with Gasteiger partial charge in [-0.3, -0.25) is 9.69 Å². The Morgan fingerprint density at radius 2 is 2.30 bits per heavy atom. The average molecular weight is 280 g/mol. The number of likely N-dealkylation sites (N-methyl/N-ethyl adjacent to an activating group) is 1. The fourth-order valence-electron chi connectivity index (χ4n) is 2.52. The molecule has 0 radical (unpaired) electrons. The normalized spacial score (nSPS) is 19.9. The molecule has 114 valence electrons. The number of nitriles is 1. The Morgan fingerprint density at radius 3 is 2.95 bits per heavy atom. The second kappa shape index (κ2) is 8.93. The highest BCUT2D eigenvalue weighted by Gasteiger charge is 2.22. The van der Waals surface area contributed by atoms with Gasteiger partial charge in [-0.1, -0.05) is 13.8 Å². The molecule has 0 aromatic carbocycles. The quantitative estimate of drug-likeness (QED) is 0.758. The molecule has 1 rings (SSSR count). The van der Waals surface area contributed by atoms with E-state index in [0.717, 1.165) is 19.6 Å². The van der Waals surface area contributed by atoms with Gasteiger partial charge in [0.25, 0.3) is 0 Å². The maximum atomic E-state index is 12.0. The van der Waals surface area contributed by atoms with E-state index in [9.17, 15) is 4.79 Å². The van der Waals surface area contributed by atoms with Crippen molar-refractivity contribution in [1.29, 1.82) is 5.26 Å². The highest BCUT2D eigenvalue weighted by molar-refractivity contribution is 5.78. The van der Waals surface area contributed by atoms with E-state index in [0.29, 0.717) is 31.5 Å². The van der Waals surface area contributed by atoms with Crippen LogP contribution in [0.25, 0.3) is 0 Å². The number of carbonyl (C=O) groups is 1. The summed E-state index contributed by atoms with van der Waals surface area (Å²) < 4.78 is 0. The number of rotatable bonds is 7. The Kier molecular flexibility index (Phi) is 7.56. The van der Waals surface area contributed by atoms with E-state index in [1.165, 1.54) is 12.8 Å². The Bertz CT molecular complexity index is 337. The lowest BCUT2D eigenvalue weighted by molar-refractivity contribution is -0.131. The summed E-state index contributed by atoms with van der Waals surface area (Å²) >= 11 is 0. The summed E-state index contributed by atoms with van der Waals surface area (Å²) in [6.45, 7) is 8.38. The van der Waals surface area contributed by atoms with Crippen LogP contribution >= 0.6 is 0 Å². The van der Waals surface area contributed by atoms with Gasteiger partial charge in [-0.25, -0.2) is 0 Å². The smallest absolute Gasteiger partial charge is 0.236 e.